The van der Waals surface area contributed by atoms with Crippen molar-refractivity contribution in [2.45, 2.75) is 19.4 Å². The number of amides is 1. The summed E-state index contributed by atoms with van der Waals surface area (Å²) in [6.07, 6.45) is 0.706. The summed E-state index contributed by atoms with van der Waals surface area (Å²) in [5.74, 6) is -1.03. The zero-order chi connectivity index (χ0) is 23.7. The Morgan fingerprint density at radius 3 is 2.58 bits per heavy atom. The summed E-state index contributed by atoms with van der Waals surface area (Å²) in [5, 5.41) is 11.5. The van der Waals surface area contributed by atoms with Crippen LogP contribution in [0.15, 0.2) is 64.3 Å². The largest absolute Gasteiger partial charge is 0.503 e. The first kappa shape index (κ1) is 22.6. The number of aliphatic hydroxyl groups excluding tert-OH is 1. The molecule has 0 saturated carbocycles. The quantitative estimate of drug-likeness (QED) is 0.518. The second kappa shape index (κ2) is 9.11. The van der Waals surface area contributed by atoms with Crippen molar-refractivity contribution in [3.8, 4) is 5.75 Å². The number of Topliss-reactive ketones (excluding diaryl/α,β-unsaturated/α-hetero) is 1. The lowest BCUT2D eigenvalue weighted by Crippen LogP contribution is -2.33. The van der Waals surface area contributed by atoms with Crippen LogP contribution in [-0.2, 0) is 4.79 Å². The lowest BCUT2D eigenvalue weighted by molar-refractivity contribution is -0.129. The smallest absolute Gasteiger partial charge is 0.290 e. The van der Waals surface area contributed by atoms with Gasteiger partial charge in [0.2, 0.25) is 5.78 Å². The van der Waals surface area contributed by atoms with Gasteiger partial charge in [0.25, 0.3) is 5.91 Å². The van der Waals surface area contributed by atoms with E-state index in [1.807, 2.05) is 62.3 Å². The van der Waals surface area contributed by atoms with Crippen LogP contribution in [0.2, 0.25) is 0 Å². The summed E-state index contributed by atoms with van der Waals surface area (Å²) in [5.41, 5.74) is 2.31. The fourth-order valence-corrected chi connectivity index (χ4v) is 4.21. The topological polar surface area (TPSA) is 83.2 Å². The van der Waals surface area contributed by atoms with E-state index in [1.54, 1.807) is 17.0 Å². The molecule has 1 atom stereocenters. The number of carbonyl (C=O) groups excluding carboxylic acids is 2. The number of furan rings is 1. The van der Waals surface area contributed by atoms with Gasteiger partial charge < -0.3 is 24.1 Å². The molecule has 0 aliphatic carbocycles. The third-order valence-electron chi connectivity index (χ3n) is 5.90. The first-order valence-corrected chi connectivity index (χ1v) is 10.9. The zero-order valence-electron chi connectivity index (χ0n) is 19.3. The van der Waals surface area contributed by atoms with Crippen molar-refractivity contribution in [3.63, 3.8) is 0 Å². The Morgan fingerprint density at radius 2 is 1.91 bits per heavy atom. The monoisotopic (exact) mass is 448 g/mol. The summed E-state index contributed by atoms with van der Waals surface area (Å²) in [6, 6.07) is 13.9. The van der Waals surface area contributed by atoms with Crippen LogP contribution in [-0.4, -0.2) is 60.9 Å². The second-order valence-corrected chi connectivity index (χ2v) is 8.55. The normalized spacial score (nSPS) is 16.3. The van der Waals surface area contributed by atoms with E-state index in [2.05, 4.69) is 0 Å². The summed E-state index contributed by atoms with van der Waals surface area (Å²) >= 11 is 0. The van der Waals surface area contributed by atoms with Gasteiger partial charge in [0, 0.05) is 11.9 Å². The number of hydrogen-bond donors (Lipinski definition) is 1. The van der Waals surface area contributed by atoms with Gasteiger partial charge in [0.05, 0.1) is 18.7 Å². The van der Waals surface area contributed by atoms with Crippen LogP contribution < -0.4 is 4.74 Å². The molecule has 7 heteroatoms. The van der Waals surface area contributed by atoms with E-state index in [9.17, 15) is 14.7 Å². The fraction of sp³-hybridized carbons (Fsp3) is 0.308. The molecule has 33 heavy (non-hydrogen) atoms. The molecule has 0 unspecified atom stereocenters. The number of ether oxygens (including phenoxy) is 1. The van der Waals surface area contributed by atoms with Gasteiger partial charge in [-0.3, -0.25) is 9.59 Å². The number of aliphatic hydroxyl groups is 1. The number of hydrogen-bond acceptors (Lipinski definition) is 6. The Labute approximate surface area is 192 Å². The minimum absolute atomic E-state index is 0.0340. The van der Waals surface area contributed by atoms with E-state index in [1.165, 1.54) is 7.11 Å². The summed E-state index contributed by atoms with van der Waals surface area (Å²) in [6.45, 7) is 3.15. The number of ketones is 1. The molecule has 1 amide bonds. The van der Waals surface area contributed by atoms with E-state index >= 15 is 0 Å². The fourth-order valence-electron chi connectivity index (χ4n) is 4.21. The Kier molecular flexibility index (Phi) is 6.24. The molecule has 1 aliphatic rings. The predicted octanol–water partition coefficient (Wildman–Crippen LogP) is 4.28. The van der Waals surface area contributed by atoms with Gasteiger partial charge in [-0.15, -0.1) is 0 Å². The summed E-state index contributed by atoms with van der Waals surface area (Å²) in [7, 11) is 5.45. The lowest BCUT2D eigenvalue weighted by atomic mass is 9.94. The maximum Gasteiger partial charge on any atom is 0.290 e. The molecule has 2 aromatic carbocycles. The van der Waals surface area contributed by atoms with Crippen LogP contribution in [0.1, 0.15) is 34.1 Å². The number of carbonyl (C=O) groups is 2. The molecule has 1 aliphatic heterocycles. The highest BCUT2D eigenvalue weighted by Crippen LogP contribution is 2.40. The number of fused-ring (bicyclic) bond motifs is 1. The van der Waals surface area contributed by atoms with Crippen molar-refractivity contribution in [3.05, 3.63) is 76.8 Å². The van der Waals surface area contributed by atoms with Crippen molar-refractivity contribution in [2.24, 2.45) is 0 Å². The Balaban J connectivity index is 1.76. The van der Waals surface area contributed by atoms with E-state index in [4.69, 9.17) is 9.15 Å². The number of aryl methyl sites for hydroxylation is 1. The molecule has 1 N–H and O–H groups in total. The van der Waals surface area contributed by atoms with Crippen LogP contribution in [0.3, 0.4) is 0 Å². The molecule has 1 aromatic heterocycles. The molecule has 172 valence electrons. The lowest BCUT2D eigenvalue weighted by Gasteiger charge is -2.27. The van der Waals surface area contributed by atoms with Gasteiger partial charge in [-0.05, 0) is 51.7 Å². The molecule has 0 radical (unpaired) electrons. The second-order valence-electron chi connectivity index (χ2n) is 8.55. The van der Waals surface area contributed by atoms with E-state index in [0.717, 1.165) is 17.7 Å². The molecule has 7 nitrogen and oxygen atoms in total. The van der Waals surface area contributed by atoms with Crippen LogP contribution in [0.4, 0.5) is 0 Å². The van der Waals surface area contributed by atoms with Gasteiger partial charge >= 0.3 is 0 Å². The Morgan fingerprint density at radius 1 is 1.18 bits per heavy atom. The van der Waals surface area contributed by atoms with Gasteiger partial charge in [0.1, 0.15) is 0 Å². The third kappa shape index (κ3) is 4.24. The minimum atomic E-state index is -0.692. The Bertz CT molecular complexity index is 1220. The predicted molar refractivity (Wildman–Crippen MR) is 126 cm³/mol. The van der Waals surface area contributed by atoms with Crippen molar-refractivity contribution >= 4 is 22.7 Å². The third-order valence-corrected chi connectivity index (χ3v) is 5.90. The first-order chi connectivity index (χ1) is 15.8. The van der Waals surface area contributed by atoms with Crippen LogP contribution in [0.5, 0.6) is 5.75 Å². The van der Waals surface area contributed by atoms with Crippen molar-refractivity contribution < 1.29 is 23.8 Å². The highest BCUT2D eigenvalue weighted by molar-refractivity contribution is 6.16. The standard InChI is InChI=1S/C26H28N2O5/c1-16-9-11-17(12-10-16)22-21(24(30)26(31)28(22)14-6-13-27(2)3)23(29)20-15-18-7-5-8-19(32-4)25(18)33-20/h5,7-12,15,22,30H,6,13-14H2,1-4H3/t22-/m0/s1. The van der Waals surface area contributed by atoms with E-state index < -0.39 is 23.5 Å². The Hall–Kier alpha value is -3.58. The van der Waals surface area contributed by atoms with Gasteiger partial charge in [-0.25, -0.2) is 0 Å². The number of nitrogens with zero attached hydrogens (tertiary/aromatic N) is 2. The number of benzene rings is 2. The molecule has 4 rings (SSSR count). The molecular weight excluding hydrogens is 420 g/mol. The molecule has 3 aromatic rings. The SMILES string of the molecule is COc1cccc2cc(C(=O)C3=C(O)C(=O)N(CCCN(C)C)[C@H]3c3ccc(C)cc3)oc12. The average molecular weight is 449 g/mol. The highest BCUT2D eigenvalue weighted by Gasteiger charge is 2.44. The molecular formula is C26H28N2O5. The maximum absolute atomic E-state index is 13.6. The number of para-hydroxylation sites is 1. The van der Waals surface area contributed by atoms with Crippen molar-refractivity contribution in [2.75, 3.05) is 34.3 Å². The minimum Gasteiger partial charge on any atom is -0.503 e. The van der Waals surface area contributed by atoms with Crippen molar-refractivity contribution in [1.29, 1.82) is 0 Å². The van der Waals surface area contributed by atoms with Gasteiger partial charge in [-0.1, -0.05) is 42.0 Å². The molecule has 0 bridgehead atoms. The molecule has 0 fully saturated rings. The number of methoxy groups -OCH3 is 1. The average Bonchev–Trinajstić information content (AvgIpc) is 3.34. The number of rotatable bonds is 8. The van der Waals surface area contributed by atoms with Crippen LogP contribution in [0, 0.1) is 6.92 Å². The first-order valence-electron chi connectivity index (χ1n) is 10.9. The highest BCUT2D eigenvalue weighted by atomic mass is 16.5. The van der Waals surface area contributed by atoms with Crippen LogP contribution >= 0.6 is 0 Å². The van der Waals surface area contributed by atoms with E-state index in [0.29, 0.717) is 29.7 Å². The molecule has 2 heterocycles. The molecule has 0 saturated heterocycles. The van der Waals surface area contributed by atoms with Crippen LogP contribution in [0.25, 0.3) is 11.0 Å². The van der Waals surface area contributed by atoms with Crippen molar-refractivity contribution in [1.82, 2.24) is 9.80 Å². The van der Waals surface area contributed by atoms with E-state index in [-0.39, 0.29) is 11.3 Å². The summed E-state index contributed by atoms with van der Waals surface area (Å²) in [4.78, 5) is 30.3. The molecule has 0 spiro atoms. The maximum atomic E-state index is 13.6. The summed E-state index contributed by atoms with van der Waals surface area (Å²) < 4.78 is 11.2. The zero-order valence-corrected chi connectivity index (χ0v) is 19.3. The van der Waals surface area contributed by atoms with Gasteiger partial charge in [0.15, 0.2) is 22.9 Å². The van der Waals surface area contributed by atoms with Gasteiger partial charge in [-0.2, -0.15) is 0 Å².